The monoisotopic (exact) mass is 742 g/mol. The Labute approximate surface area is 284 Å². The van der Waals surface area contributed by atoms with Gasteiger partial charge in [0.05, 0.1) is 17.2 Å². The van der Waals surface area contributed by atoms with Crippen LogP contribution in [0.1, 0.15) is 46.8 Å². The maximum absolute atomic E-state index is 13.7. The first-order valence-electron chi connectivity index (χ1n) is 14.7. The lowest BCUT2D eigenvalue weighted by atomic mass is 9.92. The van der Waals surface area contributed by atoms with E-state index in [0.29, 0.717) is 27.6 Å². The number of halogens is 6. The maximum Gasteiger partial charge on any atom is 0.573 e. The van der Waals surface area contributed by atoms with Crippen LogP contribution < -0.4 is 10.0 Å². The SMILES string of the molecule is COCCC1=NC(c2cc(-c3cc(P)c(CN=O)c(S(C)(=O)=O)c3)ccc2-n2cc(C(F)(F)F)nc2C)C(c2ccc(OC(F)(F)F)cc2)O1. The number of aliphatic imine (C=N–C) groups is 1. The number of imidazole rings is 1. The zero-order chi connectivity index (χ0) is 36.6. The van der Waals surface area contributed by atoms with Crippen molar-refractivity contribution in [3.8, 4) is 22.6 Å². The van der Waals surface area contributed by atoms with E-state index in [1.54, 1.807) is 18.2 Å². The quantitative estimate of drug-likeness (QED) is 0.0907. The van der Waals surface area contributed by atoms with E-state index in [4.69, 9.17) is 14.5 Å². The highest BCUT2D eigenvalue weighted by molar-refractivity contribution is 7.90. The second-order valence-corrected chi connectivity index (χ2v) is 13.9. The molecule has 10 nitrogen and oxygen atoms in total. The summed E-state index contributed by atoms with van der Waals surface area (Å²) >= 11 is 0. The fourth-order valence-corrected chi connectivity index (χ4v) is 7.06. The van der Waals surface area contributed by atoms with Crippen LogP contribution in [-0.2, 0) is 32.0 Å². The molecular weight excluding hydrogens is 713 g/mol. The topological polar surface area (TPSA) is 121 Å². The molecule has 0 spiro atoms. The molecule has 0 amide bonds. The van der Waals surface area contributed by atoms with Gasteiger partial charge in [0.2, 0.25) is 0 Å². The van der Waals surface area contributed by atoms with Gasteiger partial charge in [-0.2, -0.15) is 18.1 Å². The van der Waals surface area contributed by atoms with Crippen LogP contribution in [0.2, 0.25) is 0 Å². The van der Waals surface area contributed by atoms with Gasteiger partial charge in [-0.05, 0) is 65.3 Å². The first kappa shape index (κ1) is 36.9. The molecule has 0 N–H and O–H groups in total. The Bertz CT molecular complexity index is 2050. The van der Waals surface area contributed by atoms with Gasteiger partial charge in [-0.25, -0.2) is 18.4 Å². The van der Waals surface area contributed by atoms with Crippen molar-refractivity contribution in [2.75, 3.05) is 20.0 Å². The molecule has 3 unspecified atom stereocenters. The third-order valence-electron chi connectivity index (χ3n) is 7.77. The van der Waals surface area contributed by atoms with E-state index in [-0.39, 0.29) is 40.9 Å². The first-order chi connectivity index (χ1) is 23.4. The molecule has 0 radical (unpaired) electrons. The Hall–Kier alpha value is -4.34. The summed E-state index contributed by atoms with van der Waals surface area (Å²) in [5.74, 6) is -0.253. The van der Waals surface area contributed by atoms with E-state index >= 15 is 0 Å². The molecule has 18 heteroatoms. The van der Waals surface area contributed by atoms with Gasteiger partial charge in [-0.1, -0.05) is 23.4 Å². The van der Waals surface area contributed by atoms with Gasteiger partial charge in [0, 0.05) is 37.1 Å². The molecule has 3 atom stereocenters. The van der Waals surface area contributed by atoms with Crippen LogP contribution in [0.3, 0.4) is 0 Å². The lowest BCUT2D eigenvalue weighted by molar-refractivity contribution is -0.274. The van der Waals surface area contributed by atoms with E-state index in [1.807, 2.05) is 0 Å². The molecule has 0 saturated heterocycles. The molecule has 1 aliphatic rings. The van der Waals surface area contributed by atoms with Gasteiger partial charge >= 0.3 is 12.5 Å². The van der Waals surface area contributed by atoms with Crippen molar-refractivity contribution in [1.29, 1.82) is 0 Å². The molecular formula is C32H29F6N4O6PS. The van der Waals surface area contributed by atoms with Crippen molar-refractivity contribution in [3.63, 3.8) is 0 Å². The lowest BCUT2D eigenvalue weighted by Crippen LogP contribution is -2.17. The number of nitroso groups, excluding NO2 is 1. The number of sulfone groups is 1. The summed E-state index contributed by atoms with van der Waals surface area (Å²) in [4.78, 5) is 19.4. The van der Waals surface area contributed by atoms with E-state index in [1.165, 1.54) is 42.9 Å². The summed E-state index contributed by atoms with van der Waals surface area (Å²) in [6.07, 6.45) is -8.62. The lowest BCUT2D eigenvalue weighted by Gasteiger charge is -2.23. The number of alkyl halides is 6. The molecule has 50 heavy (non-hydrogen) atoms. The van der Waals surface area contributed by atoms with E-state index in [2.05, 4.69) is 24.1 Å². The minimum absolute atomic E-state index is 0.00338. The van der Waals surface area contributed by atoms with E-state index in [9.17, 15) is 39.7 Å². The van der Waals surface area contributed by atoms with Crippen molar-refractivity contribution in [1.82, 2.24) is 9.55 Å². The van der Waals surface area contributed by atoms with Gasteiger partial charge < -0.3 is 18.8 Å². The molecule has 2 heterocycles. The average Bonchev–Trinajstić information content (AvgIpc) is 3.63. The van der Waals surface area contributed by atoms with E-state index < -0.39 is 52.5 Å². The van der Waals surface area contributed by atoms with Gasteiger partial charge in [-0.15, -0.1) is 22.4 Å². The molecule has 5 rings (SSSR count). The Morgan fingerprint density at radius 1 is 1.02 bits per heavy atom. The Morgan fingerprint density at radius 2 is 1.72 bits per heavy atom. The van der Waals surface area contributed by atoms with Crippen LogP contribution in [0.5, 0.6) is 5.75 Å². The third kappa shape index (κ3) is 8.16. The molecule has 4 aromatic rings. The van der Waals surface area contributed by atoms with Crippen LogP contribution in [0.25, 0.3) is 16.8 Å². The predicted molar refractivity (Wildman–Crippen MR) is 174 cm³/mol. The van der Waals surface area contributed by atoms with Crippen LogP contribution in [-0.4, -0.2) is 50.2 Å². The molecule has 0 fully saturated rings. The zero-order valence-electron chi connectivity index (χ0n) is 26.5. The fourth-order valence-electron chi connectivity index (χ4n) is 5.56. The second-order valence-electron chi connectivity index (χ2n) is 11.3. The molecule has 0 aliphatic carbocycles. The van der Waals surface area contributed by atoms with Gasteiger partial charge in [0.1, 0.15) is 24.2 Å². The van der Waals surface area contributed by atoms with Crippen LogP contribution in [0.15, 0.2) is 75.9 Å². The number of aromatic nitrogens is 2. The van der Waals surface area contributed by atoms with Crippen molar-refractivity contribution >= 4 is 30.3 Å². The minimum Gasteiger partial charge on any atom is -0.470 e. The van der Waals surface area contributed by atoms with Crippen LogP contribution in [0, 0.1) is 11.8 Å². The number of nitrogens with zero attached hydrogens (tertiary/aromatic N) is 4. The van der Waals surface area contributed by atoms with Gasteiger partial charge in [0.15, 0.2) is 27.5 Å². The minimum atomic E-state index is -4.92. The van der Waals surface area contributed by atoms with E-state index in [0.717, 1.165) is 24.6 Å². The first-order valence-corrected chi connectivity index (χ1v) is 17.1. The molecule has 1 aromatic heterocycles. The van der Waals surface area contributed by atoms with Crippen molar-refractivity contribution < 1.29 is 49.0 Å². The highest BCUT2D eigenvalue weighted by Gasteiger charge is 2.38. The smallest absolute Gasteiger partial charge is 0.470 e. The standard InChI is InChI=1S/C32H29F6N4O6PS/c1-17-40-27(31(33,34)35)16-42(17)24-9-6-19(20-13-25(49)23(15-39-43)26(14-20)50(3,44)45)12-22(24)29-30(47-28(41-29)10-11-46-2)18-4-7-21(8-5-18)48-32(36,37)38/h4-9,12-14,16,29-30H,10-11,15,49H2,1-3H3. The molecule has 0 saturated carbocycles. The summed E-state index contributed by atoms with van der Waals surface area (Å²) in [5, 5.41) is 3.24. The number of aryl methyl sites for hydroxylation is 1. The van der Waals surface area contributed by atoms with Crippen LogP contribution >= 0.6 is 9.24 Å². The van der Waals surface area contributed by atoms with Crippen molar-refractivity contribution in [2.24, 2.45) is 10.2 Å². The van der Waals surface area contributed by atoms with Crippen molar-refractivity contribution in [3.05, 3.63) is 93.9 Å². The molecule has 266 valence electrons. The molecule has 3 aromatic carbocycles. The molecule has 0 bridgehead atoms. The third-order valence-corrected chi connectivity index (χ3v) is 9.45. The Morgan fingerprint density at radius 3 is 2.30 bits per heavy atom. The summed E-state index contributed by atoms with van der Waals surface area (Å²) in [7, 11) is 0.00673. The summed E-state index contributed by atoms with van der Waals surface area (Å²) in [6.45, 7) is 1.19. The summed E-state index contributed by atoms with van der Waals surface area (Å²) < 4.78 is 122. The highest BCUT2D eigenvalue weighted by Crippen LogP contribution is 2.45. The Balaban J connectivity index is 1.73. The fraction of sp³-hybridized carbons (Fsp3) is 0.312. The van der Waals surface area contributed by atoms with Gasteiger partial charge in [-0.3, -0.25) is 0 Å². The summed E-state index contributed by atoms with van der Waals surface area (Å²) in [6, 6.07) is 11.7. The molecule has 1 aliphatic heterocycles. The van der Waals surface area contributed by atoms with Crippen molar-refractivity contribution in [2.45, 2.75) is 49.5 Å². The zero-order valence-corrected chi connectivity index (χ0v) is 28.5. The number of methoxy groups -OCH3 is 1. The average molecular weight is 743 g/mol. The maximum atomic E-state index is 13.7. The number of ether oxygens (including phenoxy) is 3. The number of hydrogen-bond acceptors (Lipinski definition) is 9. The van der Waals surface area contributed by atoms with Gasteiger partial charge in [0.25, 0.3) is 0 Å². The number of hydrogen-bond donors (Lipinski definition) is 0. The highest BCUT2D eigenvalue weighted by atomic mass is 32.2. The number of benzene rings is 3. The number of rotatable bonds is 11. The Kier molecular flexibility index (Phi) is 10.4. The van der Waals surface area contributed by atoms with Crippen LogP contribution in [0.4, 0.5) is 26.3 Å². The predicted octanol–water partition coefficient (Wildman–Crippen LogP) is 7.18. The second kappa shape index (κ2) is 14.1. The summed E-state index contributed by atoms with van der Waals surface area (Å²) in [5.41, 5.74) is 0.823. The normalized spacial score (nSPS) is 16.6. The largest absolute Gasteiger partial charge is 0.573 e.